The van der Waals surface area contributed by atoms with Crippen molar-refractivity contribution in [3.05, 3.63) is 42.0 Å². The topological polar surface area (TPSA) is 12.5 Å². The van der Waals surface area contributed by atoms with Gasteiger partial charge in [0.25, 0.3) is 0 Å². The van der Waals surface area contributed by atoms with Crippen LogP contribution in [0.1, 0.15) is 18.9 Å². The summed E-state index contributed by atoms with van der Waals surface area (Å²) in [7, 11) is 0. The molecule has 1 heterocycles. The van der Waals surface area contributed by atoms with E-state index in [1.165, 1.54) is 17.7 Å². The van der Waals surface area contributed by atoms with Crippen LogP contribution >= 0.6 is 0 Å². The molecule has 2 aliphatic rings. The molecule has 96 valence electrons. The predicted molar refractivity (Wildman–Crippen MR) is 74.7 cm³/mol. The first kappa shape index (κ1) is 11.8. The Morgan fingerprint density at radius 3 is 3.06 bits per heavy atom. The van der Waals surface area contributed by atoms with Gasteiger partial charge in [-0.05, 0) is 37.0 Å². The van der Waals surface area contributed by atoms with Crippen LogP contribution in [0.15, 0.2) is 36.4 Å². The molecule has 3 atom stereocenters. The first-order valence-electron chi connectivity index (χ1n) is 6.84. The van der Waals surface area contributed by atoms with E-state index in [4.69, 9.17) is 4.74 Å². The third-order valence-electron chi connectivity index (χ3n) is 4.21. The van der Waals surface area contributed by atoms with Crippen LogP contribution < -0.4 is 4.90 Å². The Hall–Kier alpha value is -1.28. The van der Waals surface area contributed by atoms with E-state index in [1.807, 2.05) is 0 Å². The van der Waals surface area contributed by atoms with Gasteiger partial charge in [0.2, 0.25) is 0 Å². The van der Waals surface area contributed by atoms with Gasteiger partial charge in [0, 0.05) is 18.2 Å². The summed E-state index contributed by atoms with van der Waals surface area (Å²) < 4.78 is 6.00. The second-order valence-electron chi connectivity index (χ2n) is 5.63. The fourth-order valence-corrected chi connectivity index (χ4v) is 3.02. The Labute approximate surface area is 109 Å². The standard InChI is InChI=1S/C16H21NO/c1-12-5-3-7-14(9-12)17-10-15-13(2)6-4-8-16(15)18-11-17/h3-5,7-9,13,15-16H,6,10-11H2,1-2H3. The monoisotopic (exact) mass is 243 g/mol. The van der Waals surface area contributed by atoms with Crippen molar-refractivity contribution in [2.45, 2.75) is 26.4 Å². The molecule has 1 aromatic rings. The van der Waals surface area contributed by atoms with Gasteiger partial charge in [0.15, 0.2) is 0 Å². The highest BCUT2D eigenvalue weighted by Gasteiger charge is 2.34. The molecule has 0 spiro atoms. The van der Waals surface area contributed by atoms with Crippen LogP contribution in [0.4, 0.5) is 5.69 Å². The number of rotatable bonds is 1. The second-order valence-corrected chi connectivity index (χ2v) is 5.63. The lowest BCUT2D eigenvalue weighted by atomic mass is 9.81. The third-order valence-corrected chi connectivity index (χ3v) is 4.21. The molecule has 1 saturated heterocycles. The maximum Gasteiger partial charge on any atom is 0.119 e. The van der Waals surface area contributed by atoms with Crippen molar-refractivity contribution in [3.8, 4) is 0 Å². The van der Waals surface area contributed by atoms with Gasteiger partial charge in [-0.25, -0.2) is 0 Å². The first-order chi connectivity index (χ1) is 8.74. The average molecular weight is 243 g/mol. The minimum Gasteiger partial charge on any atom is -0.353 e. The fraction of sp³-hybridized carbons (Fsp3) is 0.500. The highest BCUT2D eigenvalue weighted by atomic mass is 16.5. The molecule has 1 aromatic carbocycles. The van der Waals surface area contributed by atoms with Crippen molar-refractivity contribution in [1.29, 1.82) is 0 Å². The zero-order chi connectivity index (χ0) is 12.5. The predicted octanol–water partition coefficient (Wildman–Crippen LogP) is 3.37. The van der Waals surface area contributed by atoms with Gasteiger partial charge in [0.1, 0.15) is 6.73 Å². The van der Waals surface area contributed by atoms with Crippen molar-refractivity contribution in [2.75, 3.05) is 18.2 Å². The largest absolute Gasteiger partial charge is 0.353 e. The van der Waals surface area contributed by atoms with Crippen LogP contribution in [0.5, 0.6) is 0 Å². The highest BCUT2D eigenvalue weighted by Crippen LogP contribution is 2.33. The zero-order valence-electron chi connectivity index (χ0n) is 11.2. The number of aryl methyl sites for hydroxylation is 1. The molecular weight excluding hydrogens is 222 g/mol. The summed E-state index contributed by atoms with van der Waals surface area (Å²) in [6.07, 6.45) is 6.04. The Morgan fingerprint density at radius 1 is 1.33 bits per heavy atom. The van der Waals surface area contributed by atoms with E-state index in [0.29, 0.717) is 24.7 Å². The van der Waals surface area contributed by atoms with Crippen LogP contribution in [0.3, 0.4) is 0 Å². The van der Waals surface area contributed by atoms with Crippen LogP contribution in [0.2, 0.25) is 0 Å². The summed E-state index contributed by atoms with van der Waals surface area (Å²) in [4.78, 5) is 2.36. The van der Waals surface area contributed by atoms with E-state index in [1.54, 1.807) is 0 Å². The Morgan fingerprint density at radius 2 is 2.22 bits per heavy atom. The smallest absolute Gasteiger partial charge is 0.119 e. The molecular formula is C16H21NO. The maximum absolute atomic E-state index is 6.00. The minimum atomic E-state index is 0.329. The number of nitrogens with zero attached hydrogens (tertiary/aromatic N) is 1. The summed E-state index contributed by atoms with van der Waals surface area (Å²) in [5.74, 6) is 1.34. The number of ether oxygens (including phenoxy) is 1. The first-order valence-corrected chi connectivity index (χ1v) is 6.84. The summed E-state index contributed by atoms with van der Waals surface area (Å²) in [6.45, 7) is 6.30. The van der Waals surface area contributed by atoms with Crippen LogP contribution in [0.25, 0.3) is 0 Å². The van der Waals surface area contributed by atoms with Gasteiger partial charge < -0.3 is 9.64 Å². The summed E-state index contributed by atoms with van der Waals surface area (Å²) in [5, 5.41) is 0. The Kier molecular flexibility index (Phi) is 3.13. The number of fused-ring (bicyclic) bond motifs is 1. The van der Waals surface area contributed by atoms with E-state index in [-0.39, 0.29) is 0 Å². The lowest BCUT2D eigenvalue weighted by Gasteiger charge is -2.42. The van der Waals surface area contributed by atoms with Crippen molar-refractivity contribution in [2.24, 2.45) is 11.8 Å². The molecule has 0 saturated carbocycles. The molecule has 0 radical (unpaired) electrons. The molecule has 0 N–H and O–H groups in total. The van der Waals surface area contributed by atoms with E-state index in [0.717, 1.165) is 6.54 Å². The fourth-order valence-electron chi connectivity index (χ4n) is 3.02. The molecule has 3 rings (SSSR count). The van der Waals surface area contributed by atoms with Crippen molar-refractivity contribution in [1.82, 2.24) is 0 Å². The van der Waals surface area contributed by atoms with Crippen molar-refractivity contribution < 1.29 is 4.74 Å². The maximum atomic E-state index is 6.00. The van der Waals surface area contributed by atoms with Crippen molar-refractivity contribution >= 4 is 5.69 Å². The van der Waals surface area contributed by atoms with Crippen LogP contribution in [-0.2, 0) is 4.74 Å². The van der Waals surface area contributed by atoms with Gasteiger partial charge in [0.05, 0.1) is 6.10 Å². The van der Waals surface area contributed by atoms with Crippen LogP contribution in [0, 0.1) is 18.8 Å². The summed E-state index contributed by atoms with van der Waals surface area (Å²) in [5.41, 5.74) is 2.60. The molecule has 0 bridgehead atoms. The number of hydrogen-bond donors (Lipinski definition) is 0. The second kappa shape index (κ2) is 4.77. The number of anilines is 1. The zero-order valence-corrected chi connectivity index (χ0v) is 11.2. The van der Waals surface area contributed by atoms with Gasteiger partial charge in [-0.3, -0.25) is 0 Å². The lowest BCUT2D eigenvalue weighted by Crippen LogP contribution is -2.47. The molecule has 1 fully saturated rings. The summed E-state index contributed by atoms with van der Waals surface area (Å²) >= 11 is 0. The van der Waals surface area contributed by atoms with Gasteiger partial charge in [-0.2, -0.15) is 0 Å². The molecule has 18 heavy (non-hydrogen) atoms. The SMILES string of the molecule is Cc1cccc(N2COC3C=CCC(C)C3C2)c1. The normalized spacial score (nSPS) is 31.2. The molecule has 2 nitrogen and oxygen atoms in total. The minimum absolute atomic E-state index is 0.329. The van der Waals surface area contributed by atoms with Crippen molar-refractivity contribution in [3.63, 3.8) is 0 Å². The molecule has 2 heteroatoms. The van der Waals surface area contributed by atoms with Gasteiger partial charge >= 0.3 is 0 Å². The van der Waals surface area contributed by atoms with Gasteiger partial charge in [-0.15, -0.1) is 0 Å². The van der Waals surface area contributed by atoms with E-state index in [2.05, 4.69) is 55.2 Å². The highest BCUT2D eigenvalue weighted by molar-refractivity contribution is 5.48. The lowest BCUT2D eigenvalue weighted by molar-refractivity contribution is -0.00704. The molecule has 0 amide bonds. The number of benzene rings is 1. The quantitative estimate of drug-likeness (QED) is 0.701. The van der Waals surface area contributed by atoms with E-state index >= 15 is 0 Å². The van der Waals surface area contributed by atoms with E-state index < -0.39 is 0 Å². The Bertz CT molecular complexity index is 454. The molecule has 0 aromatic heterocycles. The average Bonchev–Trinajstić information content (AvgIpc) is 2.39. The Balaban J connectivity index is 1.79. The summed E-state index contributed by atoms with van der Waals surface area (Å²) in [6, 6.07) is 8.69. The molecule has 1 aliphatic carbocycles. The third kappa shape index (κ3) is 2.17. The number of hydrogen-bond acceptors (Lipinski definition) is 2. The molecule has 1 aliphatic heterocycles. The van der Waals surface area contributed by atoms with E-state index in [9.17, 15) is 0 Å². The van der Waals surface area contributed by atoms with Crippen LogP contribution in [-0.4, -0.2) is 19.4 Å². The van der Waals surface area contributed by atoms with Gasteiger partial charge in [-0.1, -0.05) is 31.2 Å². The molecule has 3 unspecified atom stereocenters. The number of allylic oxidation sites excluding steroid dienone is 1.